The van der Waals surface area contributed by atoms with Crippen molar-refractivity contribution in [1.82, 2.24) is 0 Å². The van der Waals surface area contributed by atoms with Crippen LogP contribution >= 0.6 is 23.1 Å². The van der Waals surface area contributed by atoms with Crippen molar-refractivity contribution in [2.24, 2.45) is 0 Å². The number of rotatable bonds is 4. The molecule has 0 aliphatic heterocycles. The van der Waals surface area contributed by atoms with Crippen molar-refractivity contribution in [2.45, 2.75) is 17.6 Å². The number of benzene rings is 1. The zero-order chi connectivity index (χ0) is 13.0. The van der Waals surface area contributed by atoms with Gasteiger partial charge in [0.05, 0.1) is 7.11 Å². The normalized spacial score (nSPS) is 10.3. The third-order valence-electron chi connectivity index (χ3n) is 2.51. The van der Waals surface area contributed by atoms with Gasteiger partial charge in [-0.3, -0.25) is 0 Å². The lowest BCUT2D eigenvalue weighted by molar-refractivity contribution is 0.0606. The summed E-state index contributed by atoms with van der Waals surface area (Å²) < 4.78 is 4.70. The number of carbonyl (C=O) groups excluding carboxylic acids is 1. The molecule has 0 bridgehead atoms. The quantitative estimate of drug-likeness (QED) is 0.621. The summed E-state index contributed by atoms with van der Waals surface area (Å²) in [6.45, 7) is 2.11. The number of thioether (sulfide) groups is 1. The Morgan fingerprint density at radius 1 is 1.28 bits per heavy atom. The number of hydrogen-bond donors (Lipinski definition) is 0. The number of aryl methyl sites for hydroxylation is 1. The van der Waals surface area contributed by atoms with Crippen molar-refractivity contribution in [3.63, 3.8) is 0 Å². The lowest BCUT2D eigenvalue weighted by atomic mass is 10.2. The first-order chi connectivity index (χ1) is 8.70. The minimum atomic E-state index is -0.257. The van der Waals surface area contributed by atoms with Gasteiger partial charge in [0.15, 0.2) is 0 Å². The molecular weight excluding hydrogens is 264 g/mol. The summed E-state index contributed by atoms with van der Waals surface area (Å²) in [7, 11) is 1.41. The van der Waals surface area contributed by atoms with Crippen LogP contribution in [0.4, 0.5) is 0 Å². The highest BCUT2D eigenvalue weighted by atomic mass is 32.2. The van der Waals surface area contributed by atoms with E-state index in [-0.39, 0.29) is 5.97 Å². The van der Waals surface area contributed by atoms with Gasteiger partial charge < -0.3 is 4.74 Å². The molecule has 0 N–H and O–H groups in total. The number of esters is 1. The molecule has 18 heavy (non-hydrogen) atoms. The van der Waals surface area contributed by atoms with Gasteiger partial charge in [-0.15, -0.1) is 23.1 Å². The summed E-state index contributed by atoms with van der Waals surface area (Å²) in [6, 6.07) is 12.1. The van der Waals surface area contributed by atoms with Crippen molar-refractivity contribution in [3.05, 3.63) is 51.7 Å². The van der Waals surface area contributed by atoms with Crippen LogP contribution in [0.25, 0.3) is 0 Å². The number of hydrogen-bond acceptors (Lipinski definition) is 4. The van der Waals surface area contributed by atoms with Gasteiger partial charge in [-0.05, 0) is 30.7 Å². The molecular formula is C14H14O2S2. The Bertz CT molecular complexity index is 546. The smallest absolute Gasteiger partial charge is 0.348 e. The highest BCUT2D eigenvalue weighted by Gasteiger charge is 2.09. The van der Waals surface area contributed by atoms with E-state index < -0.39 is 0 Å². The van der Waals surface area contributed by atoms with Gasteiger partial charge in [0.25, 0.3) is 0 Å². The van der Waals surface area contributed by atoms with Gasteiger partial charge in [-0.1, -0.05) is 18.2 Å². The zero-order valence-corrected chi connectivity index (χ0v) is 11.9. The van der Waals surface area contributed by atoms with Crippen molar-refractivity contribution < 1.29 is 9.53 Å². The van der Waals surface area contributed by atoms with Crippen LogP contribution < -0.4 is 0 Å². The van der Waals surface area contributed by atoms with Crippen LogP contribution in [0, 0.1) is 6.92 Å². The molecule has 0 radical (unpaired) electrons. The molecule has 2 nitrogen and oxygen atoms in total. The van der Waals surface area contributed by atoms with Crippen LogP contribution in [0.5, 0.6) is 0 Å². The summed E-state index contributed by atoms with van der Waals surface area (Å²) >= 11 is 3.29. The SMILES string of the molecule is COC(=O)c1ccc(CSc2ccccc2C)s1. The van der Waals surface area contributed by atoms with Crippen molar-refractivity contribution in [2.75, 3.05) is 7.11 Å². The highest BCUT2D eigenvalue weighted by molar-refractivity contribution is 7.98. The van der Waals surface area contributed by atoms with Gasteiger partial charge >= 0.3 is 5.97 Å². The van der Waals surface area contributed by atoms with Gasteiger partial charge in [-0.25, -0.2) is 4.79 Å². The number of ether oxygens (including phenoxy) is 1. The molecule has 0 amide bonds. The summed E-state index contributed by atoms with van der Waals surface area (Å²) in [5.41, 5.74) is 1.28. The molecule has 0 fully saturated rings. The van der Waals surface area contributed by atoms with E-state index in [2.05, 4.69) is 19.1 Å². The molecule has 0 aliphatic rings. The monoisotopic (exact) mass is 278 g/mol. The topological polar surface area (TPSA) is 26.3 Å². The molecule has 0 aliphatic carbocycles. The summed E-state index contributed by atoms with van der Waals surface area (Å²) in [5, 5.41) is 0. The van der Waals surface area contributed by atoms with Crippen LogP contribution in [0.1, 0.15) is 20.1 Å². The van der Waals surface area contributed by atoms with Crippen LogP contribution in [0.15, 0.2) is 41.3 Å². The molecule has 0 spiro atoms. The fraction of sp³-hybridized carbons (Fsp3) is 0.214. The molecule has 1 heterocycles. The van der Waals surface area contributed by atoms with E-state index in [4.69, 9.17) is 4.74 Å². The summed E-state index contributed by atoms with van der Waals surface area (Å²) in [4.78, 5) is 14.5. The van der Waals surface area contributed by atoms with E-state index in [9.17, 15) is 4.79 Å². The molecule has 0 saturated carbocycles. The first-order valence-electron chi connectivity index (χ1n) is 5.56. The molecule has 0 unspecified atom stereocenters. The van der Waals surface area contributed by atoms with Gasteiger partial charge in [0, 0.05) is 15.5 Å². The molecule has 0 atom stereocenters. The lowest BCUT2D eigenvalue weighted by Crippen LogP contribution is -1.96. The fourth-order valence-electron chi connectivity index (χ4n) is 1.53. The summed E-state index contributed by atoms with van der Waals surface area (Å²) in [5.74, 6) is 0.624. The first-order valence-corrected chi connectivity index (χ1v) is 7.36. The average molecular weight is 278 g/mol. The number of thiophene rings is 1. The second-order valence-electron chi connectivity index (χ2n) is 3.81. The minimum Gasteiger partial charge on any atom is -0.465 e. The van der Waals surface area contributed by atoms with E-state index in [1.54, 1.807) is 11.8 Å². The Labute approximate surface area is 115 Å². The van der Waals surface area contributed by atoms with Crippen molar-refractivity contribution >= 4 is 29.1 Å². The Morgan fingerprint density at radius 3 is 2.78 bits per heavy atom. The average Bonchev–Trinajstić information content (AvgIpc) is 2.86. The highest BCUT2D eigenvalue weighted by Crippen LogP contribution is 2.28. The van der Waals surface area contributed by atoms with Crippen LogP contribution in [-0.2, 0) is 10.5 Å². The van der Waals surface area contributed by atoms with E-state index in [0.717, 1.165) is 5.75 Å². The van der Waals surface area contributed by atoms with Crippen LogP contribution in [0.2, 0.25) is 0 Å². The predicted molar refractivity (Wildman–Crippen MR) is 76.4 cm³/mol. The van der Waals surface area contributed by atoms with E-state index in [1.807, 2.05) is 24.3 Å². The van der Waals surface area contributed by atoms with Crippen molar-refractivity contribution in [1.29, 1.82) is 0 Å². The van der Waals surface area contributed by atoms with Crippen molar-refractivity contribution in [3.8, 4) is 0 Å². The fourth-order valence-corrected chi connectivity index (χ4v) is 3.53. The largest absolute Gasteiger partial charge is 0.465 e. The van der Waals surface area contributed by atoms with E-state index >= 15 is 0 Å². The standard InChI is InChI=1S/C14H14O2S2/c1-10-5-3-4-6-12(10)17-9-11-7-8-13(18-11)14(15)16-2/h3-8H,9H2,1-2H3. The van der Waals surface area contributed by atoms with E-state index in [0.29, 0.717) is 4.88 Å². The zero-order valence-electron chi connectivity index (χ0n) is 10.3. The number of methoxy groups -OCH3 is 1. The maximum Gasteiger partial charge on any atom is 0.348 e. The number of carbonyl (C=O) groups is 1. The van der Waals surface area contributed by atoms with Gasteiger partial charge in [0.2, 0.25) is 0 Å². The van der Waals surface area contributed by atoms with Crippen LogP contribution in [0.3, 0.4) is 0 Å². The Kier molecular flexibility index (Phi) is 4.44. The predicted octanol–water partition coefficient (Wildman–Crippen LogP) is 4.14. The third kappa shape index (κ3) is 3.15. The summed E-state index contributed by atoms with van der Waals surface area (Å²) in [6.07, 6.45) is 0. The minimum absolute atomic E-state index is 0.257. The molecule has 4 heteroatoms. The van der Waals surface area contributed by atoms with E-state index in [1.165, 1.54) is 33.8 Å². The second-order valence-corrected chi connectivity index (χ2v) is 6.00. The molecule has 2 aromatic rings. The molecule has 1 aromatic heterocycles. The second kappa shape index (κ2) is 6.07. The van der Waals surface area contributed by atoms with Gasteiger partial charge in [-0.2, -0.15) is 0 Å². The van der Waals surface area contributed by atoms with Gasteiger partial charge in [0.1, 0.15) is 4.88 Å². The Morgan fingerprint density at radius 2 is 2.06 bits per heavy atom. The molecule has 0 saturated heterocycles. The maximum atomic E-state index is 11.3. The Hall–Kier alpha value is -1.26. The third-order valence-corrected chi connectivity index (χ3v) is 4.98. The first kappa shape index (κ1) is 13.2. The van der Waals surface area contributed by atoms with Crippen LogP contribution in [-0.4, -0.2) is 13.1 Å². The Balaban J connectivity index is 2.01. The molecule has 1 aromatic carbocycles. The molecule has 94 valence electrons. The lowest BCUT2D eigenvalue weighted by Gasteiger charge is -2.03. The molecule has 2 rings (SSSR count). The maximum absolute atomic E-state index is 11.3.